The predicted octanol–water partition coefficient (Wildman–Crippen LogP) is 2.33. The highest BCUT2D eigenvalue weighted by molar-refractivity contribution is 6.32. The van der Waals surface area contributed by atoms with Crippen LogP contribution in [0.15, 0.2) is 12.1 Å². The first kappa shape index (κ1) is 14.2. The second-order valence-corrected chi connectivity index (χ2v) is 3.44. The third-order valence-corrected chi connectivity index (χ3v) is 2.22. The topological polar surface area (TPSA) is 78.7 Å². The highest BCUT2D eigenvalue weighted by atomic mass is 35.5. The summed E-state index contributed by atoms with van der Waals surface area (Å²) in [6, 6.07) is 1.75. The van der Waals surface area contributed by atoms with Crippen LogP contribution in [0.2, 0.25) is 5.02 Å². The monoisotopic (exact) mass is 277 g/mol. The summed E-state index contributed by atoms with van der Waals surface area (Å²) in [6.07, 6.45) is 0. The normalized spacial score (nSPS) is 9.94. The number of halogens is 2. The second-order valence-electron chi connectivity index (χ2n) is 3.06. The minimum atomic E-state index is -0.874. The Balaban J connectivity index is 2.95. The van der Waals surface area contributed by atoms with Crippen LogP contribution in [-0.4, -0.2) is 24.1 Å². The number of benzene rings is 1. The van der Waals surface area contributed by atoms with Gasteiger partial charge in [0.2, 0.25) is 5.75 Å². The molecule has 8 heteroatoms. The molecule has 0 aliphatic heterocycles. The van der Waals surface area contributed by atoms with Gasteiger partial charge in [-0.15, -0.1) is 0 Å². The minimum Gasteiger partial charge on any atom is -0.474 e. The molecule has 1 aromatic rings. The maximum Gasteiger partial charge on any atom is 0.344 e. The van der Waals surface area contributed by atoms with Crippen molar-refractivity contribution in [3.63, 3.8) is 0 Å². The van der Waals surface area contributed by atoms with Gasteiger partial charge < -0.3 is 9.47 Å². The van der Waals surface area contributed by atoms with E-state index in [0.717, 1.165) is 12.1 Å². The van der Waals surface area contributed by atoms with Gasteiger partial charge in [-0.2, -0.15) is 0 Å². The van der Waals surface area contributed by atoms with E-state index in [1.165, 1.54) is 0 Å². The van der Waals surface area contributed by atoms with Crippen LogP contribution in [0.1, 0.15) is 6.92 Å². The summed E-state index contributed by atoms with van der Waals surface area (Å²) in [7, 11) is 0. The van der Waals surface area contributed by atoms with E-state index in [0.29, 0.717) is 0 Å². The minimum absolute atomic E-state index is 0.140. The van der Waals surface area contributed by atoms with Crippen molar-refractivity contribution in [1.29, 1.82) is 0 Å². The fourth-order valence-electron chi connectivity index (χ4n) is 1.14. The number of rotatable bonds is 5. The number of nitro benzene ring substituents is 1. The summed E-state index contributed by atoms with van der Waals surface area (Å²) in [6.45, 7) is 1.15. The molecule has 0 radical (unpaired) electrons. The molecule has 0 amide bonds. The van der Waals surface area contributed by atoms with Crippen LogP contribution < -0.4 is 4.74 Å². The van der Waals surface area contributed by atoms with Crippen LogP contribution in [0.3, 0.4) is 0 Å². The van der Waals surface area contributed by atoms with Gasteiger partial charge in [0.05, 0.1) is 11.5 Å². The highest BCUT2D eigenvalue weighted by Crippen LogP contribution is 2.36. The Morgan fingerprint density at radius 2 is 2.22 bits per heavy atom. The van der Waals surface area contributed by atoms with E-state index < -0.39 is 39.8 Å². The Bertz CT molecular complexity index is 480. The molecule has 0 spiro atoms. The lowest BCUT2D eigenvalue weighted by Crippen LogP contribution is -2.15. The zero-order valence-corrected chi connectivity index (χ0v) is 10.1. The number of carbonyl (C=O) groups excluding carboxylic acids is 1. The molecule has 0 aliphatic rings. The van der Waals surface area contributed by atoms with Crippen molar-refractivity contribution in [3.8, 4) is 5.75 Å². The molecule has 98 valence electrons. The van der Waals surface area contributed by atoms with Gasteiger partial charge in [-0.05, 0) is 13.0 Å². The first-order valence-corrected chi connectivity index (χ1v) is 5.26. The quantitative estimate of drug-likeness (QED) is 0.469. The Morgan fingerprint density at radius 1 is 1.56 bits per heavy atom. The van der Waals surface area contributed by atoms with Gasteiger partial charge in [0, 0.05) is 6.07 Å². The number of nitrogens with zero attached hydrogens (tertiary/aromatic N) is 1. The maximum absolute atomic E-state index is 13.1. The fourth-order valence-corrected chi connectivity index (χ4v) is 1.35. The Morgan fingerprint density at radius 3 is 2.78 bits per heavy atom. The molecule has 0 saturated carbocycles. The van der Waals surface area contributed by atoms with Crippen molar-refractivity contribution in [2.45, 2.75) is 6.92 Å². The first-order valence-electron chi connectivity index (χ1n) is 4.88. The molecule has 6 nitrogen and oxygen atoms in total. The molecule has 0 atom stereocenters. The predicted molar refractivity (Wildman–Crippen MR) is 60.2 cm³/mol. The second kappa shape index (κ2) is 6.15. The average Bonchev–Trinajstić information content (AvgIpc) is 2.31. The van der Waals surface area contributed by atoms with Gasteiger partial charge in [-0.25, -0.2) is 9.18 Å². The lowest BCUT2D eigenvalue weighted by atomic mass is 10.3. The summed E-state index contributed by atoms with van der Waals surface area (Å²) < 4.78 is 22.5. The molecule has 1 aromatic carbocycles. The summed E-state index contributed by atoms with van der Waals surface area (Å²) >= 11 is 5.55. The van der Waals surface area contributed by atoms with Crippen molar-refractivity contribution >= 4 is 23.3 Å². The van der Waals surface area contributed by atoms with E-state index >= 15 is 0 Å². The van der Waals surface area contributed by atoms with E-state index in [1.807, 2.05) is 0 Å². The van der Waals surface area contributed by atoms with Gasteiger partial charge in [0.15, 0.2) is 6.61 Å². The molecule has 0 unspecified atom stereocenters. The number of carbonyl (C=O) groups is 1. The number of hydrogen-bond donors (Lipinski definition) is 0. The van der Waals surface area contributed by atoms with E-state index in [1.54, 1.807) is 6.92 Å². The van der Waals surface area contributed by atoms with Crippen molar-refractivity contribution in [2.24, 2.45) is 0 Å². The number of hydrogen-bond acceptors (Lipinski definition) is 5. The zero-order chi connectivity index (χ0) is 13.7. The van der Waals surface area contributed by atoms with Crippen molar-refractivity contribution in [2.75, 3.05) is 13.2 Å². The number of ether oxygens (including phenoxy) is 2. The third-order valence-electron chi connectivity index (χ3n) is 1.87. The van der Waals surface area contributed by atoms with E-state index in [2.05, 4.69) is 4.74 Å². The van der Waals surface area contributed by atoms with Crippen LogP contribution in [0.25, 0.3) is 0 Å². The molecule has 0 bridgehead atoms. The van der Waals surface area contributed by atoms with E-state index in [-0.39, 0.29) is 6.61 Å². The standard InChI is InChI=1S/C10H9ClFNO5/c1-2-17-8(14)5-18-10-7(13(15)16)4-3-6(12)9(10)11/h3-4H,2,5H2,1H3. The zero-order valence-electron chi connectivity index (χ0n) is 9.31. The molecule has 0 N–H and O–H groups in total. The third kappa shape index (κ3) is 3.30. The summed E-state index contributed by atoms with van der Waals surface area (Å²) in [5.74, 6) is -2.09. The molecular formula is C10H9ClFNO5. The Labute approximate surface area is 106 Å². The molecule has 1 rings (SSSR count). The largest absolute Gasteiger partial charge is 0.474 e. The van der Waals surface area contributed by atoms with Crippen LogP contribution >= 0.6 is 11.6 Å². The van der Waals surface area contributed by atoms with Gasteiger partial charge >= 0.3 is 11.7 Å². The van der Waals surface area contributed by atoms with E-state index in [9.17, 15) is 19.3 Å². The first-order chi connectivity index (χ1) is 8.47. The van der Waals surface area contributed by atoms with Crippen LogP contribution in [0.5, 0.6) is 5.75 Å². The van der Waals surface area contributed by atoms with Gasteiger partial charge in [0.25, 0.3) is 0 Å². The highest BCUT2D eigenvalue weighted by Gasteiger charge is 2.22. The summed E-state index contributed by atoms with van der Waals surface area (Å²) in [4.78, 5) is 20.9. The molecule has 0 heterocycles. The SMILES string of the molecule is CCOC(=O)COc1c([N+](=O)[O-])ccc(F)c1Cl. The number of esters is 1. The molecule has 0 saturated heterocycles. The number of nitro groups is 1. The Kier molecular flexibility index (Phi) is 4.85. The van der Waals surface area contributed by atoms with Crippen LogP contribution in [-0.2, 0) is 9.53 Å². The van der Waals surface area contributed by atoms with Crippen molar-refractivity contribution < 1.29 is 23.6 Å². The lowest BCUT2D eigenvalue weighted by Gasteiger charge is -2.08. The molecular weight excluding hydrogens is 269 g/mol. The van der Waals surface area contributed by atoms with Crippen LogP contribution in [0, 0.1) is 15.9 Å². The Hall–Kier alpha value is -1.89. The fraction of sp³-hybridized carbons (Fsp3) is 0.300. The molecule has 0 aromatic heterocycles. The smallest absolute Gasteiger partial charge is 0.344 e. The molecule has 18 heavy (non-hydrogen) atoms. The average molecular weight is 278 g/mol. The summed E-state index contributed by atoms with van der Waals surface area (Å²) in [5.41, 5.74) is -0.523. The summed E-state index contributed by atoms with van der Waals surface area (Å²) in [5, 5.41) is 10.1. The van der Waals surface area contributed by atoms with Crippen molar-refractivity contribution in [3.05, 3.63) is 33.1 Å². The molecule has 0 aliphatic carbocycles. The van der Waals surface area contributed by atoms with Gasteiger partial charge in [0.1, 0.15) is 10.8 Å². The van der Waals surface area contributed by atoms with Gasteiger partial charge in [-0.1, -0.05) is 11.6 Å². The maximum atomic E-state index is 13.1. The van der Waals surface area contributed by atoms with Crippen molar-refractivity contribution in [1.82, 2.24) is 0 Å². The molecule has 0 fully saturated rings. The van der Waals surface area contributed by atoms with Gasteiger partial charge in [-0.3, -0.25) is 10.1 Å². The van der Waals surface area contributed by atoms with Crippen LogP contribution in [0.4, 0.5) is 10.1 Å². The van der Waals surface area contributed by atoms with E-state index in [4.69, 9.17) is 16.3 Å². The lowest BCUT2D eigenvalue weighted by molar-refractivity contribution is -0.385.